The van der Waals surface area contributed by atoms with Gasteiger partial charge in [-0.1, -0.05) is 29.3 Å². The average Bonchev–Trinajstić information content (AvgIpc) is 2.12. The fourth-order valence-electron chi connectivity index (χ4n) is 1.37. The summed E-state index contributed by atoms with van der Waals surface area (Å²) < 4.78 is 5.18. The van der Waals surface area contributed by atoms with Crippen molar-refractivity contribution in [2.24, 2.45) is 0 Å². The maximum absolute atomic E-state index is 7.64. The molecule has 2 nitrogen and oxygen atoms in total. The van der Waals surface area contributed by atoms with Crippen LogP contribution in [-0.2, 0) is 11.3 Å². The molecule has 2 rings (SSSR count). The van der Waals surface area contributed by atoms with Gasteiger partial charge in [0.25, 0.3) is 0 Å². The molecule has 1 N–H and O–H groups in total. The molecule has 1 aliphatic rings. The molecule has 0 aliphatic carbocycles. The van der Waals surface area contributed by atoms with Crippen LogP contribution in [0.15, 0.2) is 12.1 Å². The van der Waals surface area contributed by atoms with E-state index < -0.39 is 0 Å². The second-order valence-corrected chi connectivity index (χ2v) is 3.65. The molecule has 0 amide bonds. The average molecular weight is 216 g/mol. The SMILES string of the molecule is N=C1COCc2ccc(Cl)c(Cl)c21. The van der Waals surface area contributed by atoms with Gasteiger partial charge in [-0.05, 0) is 11.6 Å². The van der Waals surface area contributed by atoms with Crippen LogP contribution in [0.25, 0.3) is 0 Å². The van der Waals surface area contributed by atoms with Gasteiger partial charge in [0.1, 0.15) is 0 Å². The lowest BCUT2D eigenvalue weighted by atomic mass is 10.0. The van der Waals surface area contributed by atoms with E-state index in [9.17, 15) is 0 Å². The smallest absolute Gasteiger partial charge is 0.0892 e. The molecule has 13 heavy (non-hydrogen) atoms. The van der Waals surface area contributed by atoms with Crippen molar-refractivity contribution in [2.75, 3.05) is 6.61 Å². The van der Waals surface area contributed by atoms with Gasteiger partial charge < -0.3 is 10.1 Å². The number of nitrogens with one attached hydrogen (secondary N) is 1. The van der Waals surface area contributed by atoms with E-state index in [0.29, 0.717) is 29.0 Å². The zero-order valence-corrected chi connectivity index (χ0v) is 8.24. The lowest BCUT2D eigenvalue weighted by Gasteiger charge is -2.18. The fourth-order valence-corrected chi connectivity index (χ4v) is 1.83. The minimum absolute atomic E-state index is 0.313. The highest BCUT2D eigenvalue weighted by molar-refractivity contribution is 6.44. The van der Waals surface area contributed by atoms with Gasteiger partial charge in [-0.3, -0.25) is 0 Å². The lowest BCUT2D eigenvalue weighted by Crippen LogP contribution is -2.18. The Bertz CT molecular complexity index is 376. The fraction of sp³-hybridized carbons (Fsp3) is 0.222. The van der Waals surface area contributed by atoms with E-state index >= 15 is 0 Å². The van der Waals surface area contributed by atoms with Crippen molar-refractivity contribution in [3.8, 4) is 0 Å². The quantitative estimate of drug-likeness (QED) is 0.710. The molecule has 4 heteroatoms. The Kier molecular flexibility index (Phi) is 2.28. The Balaban J connectivity index is 2.65. The molecule has 1 heterocycles. The van der Waals surface area contributed by atoms with Crippen LogP contribution in [0.3, 0.4) is 0 Å². The zero-order valence-electron chi connectivity index (χ0n) is 6.73. The summed E-state index contributed by atoms with van der Waals surface area (Å²) in [6.45, 7) is 0.821. The summed E-state index contributed by atoms with van der Waals surface area (Å²) >= 11 is 11.8. The zero-order chi connectivity index (χ0) is 9.42. The number of benzene rings is 1. The third kappa shape index (κ3) is 1.46. The van der Waals surface area contributed by atoms with E-state index in [-0.39, 0.29) is 0 Å². The van der Waals surface area contributed by atoms with Crippen molar-refractivity contribution >= 4 is 28.9 Å². The third-order valence-corrected chi connectivity index (χ3v) is 2.79. The normalized spacial score (nSPS) is 15.7. The largest absolute Gasteiger partial charge is 0.370 e. The van der Waals surface area contributed by atoms with Crippen LogP contribution in [0.4, 0.5) is 0 Å². The van der Waals surface area contributed by atoms with E-state index in [4.69, 9.17) is 33.3 Å². The van der Waals surface area contributed by atoms with Gasteiger partial charge in [0, 0.05) is 5.56 Å². The van der Waals surface area contributed by atoms with E-state index in [2.05, 4.69) is 0 Å². The molecule has 1 aromatic rings. The molecule has 68 valence electrons. The van der Waals surface area contributed by atoms with E-state index in [1.54, 1.807) is 6.07 Å². The second-order valence-electron chi connectivity index (χ2n) is 2.87. The first kappa shape index (κ1) is 9.00. The standard InChI is InChI=1S/C9H7Cl2NO/c10-6-2-1-5-3-13-4-7(12)8(5)9(6)11/h1-2,12H,3-4H2. The van der Waals surface area contributed by atoms with Crippen LogP contribution < -0.4 is 0 Å². The van der Waals surface area contributed by atoms with Gasteiger partial charge in [0.05, 0.1) is 29.0 Å². The second kappa shape index (κ2) is 3.29. The van der Waals surface area contributed by atoms with E-state index in [1.807, 2.05) is 6.07 Å². The number of hydrogen-bond donors (Lipinski definition) is 1. The van der Waals surface area contributed by atoms with Crippen LogP contribution in [0.5, 0.6) is 0 Å². The van der Waals surface area contributed by atoms with Crippen LogP contribution in [-0.4, -0.2) is 12.3 Å². The predicted octanol–water partition coefficient (Wildman–Crippen LogP) is 2.89. The van der Waals surface area contributed by atoms with Crippen LogP contribution >= 0.6 is 23.2 Å². The summed E-state index contributed by atoms with van der Waals surface area (Å²) in [5, 5.41) is 8.60. The van der Waals surface area contributed by atoms with Gasteiger partial charge in [-0.2, -0.15) is 0 Å². The maximum atomic E-state index is 7.64. The van der Waals surface area contributed by atoms with Crippen molar-refractivity contribution in [2.45, 2.75) is 6.61 Å². The molecule has 0 spiro atoms. The first-order valence-electron chi connectivity index (χ1n) is 3.82. The minimum Gasteiger partial charge on any atom is -0.370 e. The van der Waals surface area contributed by atoms with Gasteiger partial charge in [-0.25, -0.2) is 0 Å². The van der Waals surface area contributed by atoms with Crippen molar-refractivity contribution in [3.63, 3.8) is 0 Å². The van der Waals surface area contributed by atoms with Crippen molar-refractivity contribution in [1.82, 2.24) is 0 Å². The Hall–Kier alpha value is -0.570. The maximum Gasteiger partial charge on any atom is 0.0892 e. The molecule has 0 saturated heterocycles. The highest BCUT2D eigenvalue weighted by Gasteiger charge is 2.19. The molecule has 0 radical (unpaired) electrons. The number of fused-ring (bicyclic) bond motifs is 1. The van der Waals surface area contributed by atoms with Crippen molar-refractivity contribution in [1.29, 1.82) is 5.41 Å². The van der Waals surface area contributed by atoms with Crippen LogP contribution in [0, 0.1) is 5.41 Å². The third-order valence-electron chi connectivity index (χ3n) is 1.99. The van der Waals surface area contributed by atoms with E-state index in [0.717, 1.165) is 11.1 Å². The Morgan fingerprint density at radius 1 is 1.23 bits per heavy atom. The van der Waals surface area contributed by atoms with Crippen LogP contribution in [0.2, 0.25) is 10.0 Å². The Labute approximate surface area is 85.9 Å². The highest BCUT2D eigenvalue weighted by atomic mass is 35.5. The van der Waals surface area contributed by atoms with Crippen molar-refractivity contribution in [3.05, 3.63) is 33.3 Å². The predicted molar refractivity (Wildman–Crippen MR) is 52.9 cm³/mol. The van der Waals surface area contributed by atoms with E-state index in [1.165, 1.54) is 0 Å². The molecule has 0 saturated carbocycles. The first-order chi connectivity index (χ1) is 6.20. The molecule has 0 aromatic heterocycles. The number of rotatable bonds is 0. The molecule has 1 aromatic carbocycles. The molecular weight excluding hydrogens is 209 g/mol. The van der Waals surface area contributed by atoms with Crippen LogP contribution in [0.1, 0.15) is 11.1 Å². The summed E-state index contributed by atoms with van der Waals surface area (Å²) in [4.78, 5) is 0. The molecule has 0 unspecified atom stereocenters. The number of halogens is 2. The summed E-state index contributed by atoms with van der Waals surface area (Å²) in [6.07, 6.45) is 0. The molecule has 0 atom stereocenters. The lowest BCUT2D eigenvalue weighted by molar-refractivity contribution is 0.152. The molecule has 1 aliphatic heterocycles. The van der Waals surface area contributed by atoms with Gasteiger partial charge in [0.15, 0.2) is 0 Å². The molecule has 0 fully saturated rings. The minimum atomic E-state index is 0.313. The summed E-state index contributed by atoms with van der Waals surface area (Å²) in [5.74, 6) is 0. The highest BCUT2D eigenvalue weighted by Crippen LogP contribution is 2.31. The first-order valence-corrected chi connectivity index (χ1v) is 4.58. The monoisotopic (exact) mass is 215 g/mol. The Morgan fingerprint density at radius 3 is 2.77 bits per heavy atom. The topological polar surface area (TPSA) is 33.1 Å². The van der Waals surface area contributed by atoms with Crippen molar-refractivity contribution < 1.29 is 4.74 Å². The number of ether oxygens (including phenoxy) is 1. The molecule has 0 bridgehead atoms. The number of hydrogen-bond acceptors (Lipinski definition) is 2. The summed E-state index contributed by atoms with van der Waals surface area (Å²) in [5.41, 5.74) is 2.07. The Morgan fingerprint density at radius 2 is 2.00 bits per heavy atom. The van der Waals surface area contributed by atoms with Gasteiger partial charge in [-0.15, -0.1) is 0 Å². The molecular formula is C9H7Cl2NO. The van der Waals surface area contributed by atoms with Gasteiger partial charge in [0.2, 0.25) is 0 Å². The summed E-state index contributed by atoms with van der Waals surface area (Å²) in [6, 6.07) is 3.57. The van der Waals surface area contributed by atoms with Gasteiger partial charge >= 0.3 is 0 Å². The summed E-state index contributed by atoms with van der Waals surface area (Å²) in [7, 11) is 0.